The van der Waals surface area contributed by atoms with Crippen LogP contribution in [0.2, 0.25) is 0 Å². The van der Waals surface area contributed by atoms with Gasteiger partial charge in [-0.15, -0.1) is 0 Å². The van der Waals surface area contributed by atoms with E-state index in [2.05, 4.69) is 22.0 Å². The van der Waals surface area contributed by atoms with Crippen molar-refractivity contribution in [3.05, 3.63) is 0 Å². The number of fused-ring (bicyclic) bond motifs is 1. The topological polar surface area (TPSA) is 41.6 Å². The first-order valence-corrected chi connectivity index (χ1v) is 8.47. The normalized spacial score (nSPS) is 27.8. The summed E-state index contributed by atoms with van der Waals surface area (Å²) in [6, 6.07) is 0.636. The van der Waals surface area contributed by atoms with Gasteiger partial charge in [0.2, 0.25) is 5.91 Å². The zero-order valence-corrected chi connectivity index (χ0v) is 12.7. The first-order valence-electron chi connectivity index (χ1n) is 7.42. The monoisotopic (exact) mass is 286 g/mol. The summed E-state index contributed by atoms with van der Waals surface area (Å²) in [5, 5.41) is 3.76. The molecule has 0 bridgehead atoms. The highest BCUT2D eigenvalue weighted by Gasteiger charge is 2.34. The number of hydrogen-bond acceptors (Lipinski definition) is 4. The van der Waals surface area contributed by atoms with Gasteiger partial charge in [-0.05, 0) is 19.3 Å². The lowest BCUT2D eigenvalue weighted by atomic mass is 9.93. The van der Waals surface area contributed by atoms with Crippen LogP contribution >= 0.6 is 11.8 Å². The van der Waals surface area contributed by atoms with Crippen LogP contribution in [0.4, 0.5) is 0 Å². The predicted molar refractivity (Wildman–Crippen MR) is 79.6 cm³/mol. The minimum atomic E-state index is 0.173. The Morgan fingerprint density at radius 1 is 1.42 bits per heavy atom. The molecule has 1 aliphatic heterocycles. The third kappa shape index (κ3) is 4.65. The average molecular weight is 286 g/mol. The molecule has 1 N–H and O–H groups in total. The van der Waals surface area contributed by atoms with Crippen LogP contribution in [0.1, 0.15) is 32.1 Å². The molecule has 0 aromatic carbocycles. The Labute approximate surface area is 120 Å². The molecule has 1 heterocycles. The van der Waals surface area contributed by atoms with E-state index in [0.717, 1.165) is 24.8 Å². The maximum atomic E-state index is 11.9. The molecule has 2 rings (SSSR count). The number of amides is 1. The number of thioether (sulfide) groups is 1. The van der Waals surface area contributed by atoms with Gasteiger partial charge in [0.25, 0.3) is 0 Å². The number of ether oxygens (including phenoxy) is 1. The third-order valence-corrected chi connectivity index (χ3v) is 5.44. The minimum Gasteiger partial charge on any atom is -0.385 e. The lowest BCUT2D eigenvalue weighted by Gasteiger charge is -2.43. The second-order valence-corrected chi connectivity index (χ2v) is 6.77. The van der Waals surface area contributed by atoms with E-state index in [-0.39, 0.29) is 5.91 Å². The number of carbonyl (C=O) groups is 1. The number of methoxy groups -OCH3 is 1. The fourth-order valence-electron chi connectivity index (χ4n) is 3.06. The van der Waals surface area contributed by atoms with Gasteiger partial charge in [-0.3, -0.25) is 9.69 Å². The first kappa shape index (κ1) is 15.1. The summed E-state index contributed by atoms with van der Waals surface area (Å²) in [5.74, 6) is 1.35. The number of carbonyl (C=O) groups excluding carboxylic acids is 1. The van der Waals surface area contributed by atoms with Crippen molar-refractivity contribution >= 4 is 17.7 Å². The number of rotatable bonds is 6. The Morgan fingerprint density at radius 2 is 2.26 bits per heavy atom. The van der Waals surface area contributed by atoms with Crippen LogP contribution < -0.4 is 5.32 Å². The van der Waals surface area contributed by atoms with Crippen LogP contribution in [-0.4, -0.2) is 61.2 Å². The molecule has 0 spiro atoms. The standard InChI is InChI=1S/C14H26N2O2S/c1-18-9-4-7-15-14(17)11-16-8-10-19-13-6-3-2-5-12(13)16/h12-13H,2-11H2,1H3,(H,15,17)/t12-,13+/m1/s1. The Kier molecular flexibility index (Phi) is 6.47. The van der Waals surface area contributed by atoms with E-state index in [1.807, 2.05) is 0 Å². The molecule has 2 fully saturated rings. The van der Waals surface area contributed by atoms with E-state index in [4.69, 9.17) is 4.74 Å². The van der Waals surface area contributed by atoms with Crippen molar-refractivity contribution in [1.82, 2.24) is 10.2 Å². The van der Waals surface area contributed by atoms with Gasteiger partial charge in [0.05, 0.1) is 6.54 Å². The molecular weight excluding hydrogens is 260 g/mol. The molecule has 19 heavy (non-hydrogen) atoms. The molecule has 0 unspecified atom stereocenters. The van der Waals surface area contributed by atoms with E-state index in [1.54, 1.807) is 7.11 Å². The van der Waals surface area contributed by atoms with Crippen LogP contribution in [0.5, 0.6) is 0 Å². The molecule has 2 atom stereocenters. The van der Waals surface area contributed by atoms with Crippen LogP contribution in [-0.2, 0) is 9.53 Å². The summed E-state index contributed by atoms with van der Waals surface area (Å²) in [4.78, 5) is 14.4. The summed E-state index contributed by atoms with van der Waals surface area (Å²) in [6.07, 6.45) is 6.19. The summed E-state index contributed by atoms with van der Waals surface area (Å²) in [5.41, 5.74) is 0. The highest BCUT2D eigenvalue weighted by atomic mass is 32.2. The summed E-state index contributed by atoms with van der Waals surface area (Å²) in [7, 11) is 1.69. The second-order valence-electron chi connectivity index (χ2n) is 5.43. The van der Waals surface area contributed by atoms with E-state index in [9.17, 15) is 4.79 Å². The van der Waals surface area contributed by atoms with Crippen molar-refractivity contribution in [2.45, 2.75) is 43.4 Å². The fraction of sp³-hybridized carbons (Fsp3) is 0.929. The average Bonchev–Trinajstić information content (AvgIpc) is 2.44. The van der Waals surface area contributed by atoms with Crippen LogP contribution in [0, 0.1) is 0 Å². The second kappa shape index (κ2) is 8.12. The van der Waals surface area contributed by atoms with Gasteiger partial charge in [0.15, 0.2) is 0 Å². The van der Waals surface area contributed by atoms with E-state index >= 15 is 0 Å². The van der Waals surface area contributed by atoms with E-state index in [0.29, 0.717) is 19.2 Å². The number of nitrogens with zero attached hydrogens (tertiary/aromatic N) is 1. The molecular formula is C14H26N2O2S. The fourth-order valence-corrected chi connectivity index (χ4v) is 4.56. The Hall–Kier alpha value is -0.260. The minimum absolute atomic E-state index is 0.173. The van der Waals surface area contributed by atoms with Crippen molar-refractivity contribution in [3.63, 3.8) is 0 Å². The Bertz CT molecular complexity index is 287. The SMILES string of the molecule is COCCCNC(=O)CN1CCS[C@H]2CCCC[C@H]21. The molecule has 1 saturated heterocycles. The highest BCUT2D eigenvalue weighted by Crippen LogP contribution is 2.35. The van der Waals surface area contributed by atoms with E-state index < -0.39 is 0 Å². The molecule has 1 saturated carbocycles. The third-order valence-electron chi connectivity index (χ3n) is 4.04. The smallest absolute Gasteiger partial charge is 0.234 e. The Morgan fingerprint density at radius 3 is 3.11 bits per heavy atom. The Balaban J connectivity index is 1.72. The lowest BCUT2D eigenvalue weighted by Crippen LogP contribution is -2.52. The van der Waals surface area contributed by atoms with Crippen molar-refractivity contribution in [2.24, 2.45) is 0 Å². The maximum absolute atomic E-state index is 11.9. The van der Waals surface area contributed by atoms with Crippen molar-refractivity contribution in [3.8, 4) is 0 Å². The first-order chi connectivity index (χ1) is 9.31. The quantitative estimate of drug-likeness (QED) is 0.751. The molecule has 2 aliphatic rings. The van der Waals surface area contributed by atoms with Crippen LogP contribution in [0.25, 0.3) is 0 Å². The summed E-state index contributed by atoms with van der Waals surface area (Å²) in [6.45, 7) is 3.08. The van der Waals surface area contributed by atoms with Gasteiger partial charge in [0.1, 0.15) is 0 Å². The molecule has 1 amide bonds. The van der Waals surface area contributed by atoms with Crippen molar-refractivity contribution in [1.29, 1.82) is 0 Å². The molecule has 0 aromatic rings. The number of hydrogen-bond donors (Lipinski definition) is 1. The van der Waals surface area contributed by atoms with Crippen LogP contribution in [0.3, 0.4) is 0 Å². The highest BCUT2D eigenvalue weighted by molar-refractivity contribution is 8.00. The maximum Gasteiger partial charge on any atom is 0.234 e. The van der Waals surface area contributed by atoms with Crippen molar-refractivity contribution in [2.75, 3.05) is 39.1 Å². The van der Waals surface area contributed by atoms with Gasteiger partial charge in [-0.25, -0.2) is 0 Å². The van der Waals surface area contributed by atoms with Gasteiger partial charge >= 0.3 is 0 Å². The molecule has 1 aliphatic carbocycles. The molecule has 110 valence electrons. The lowest BCUT2D eigenvalue weighted by molar-refractivity contribution is -0.123. The zero-order valence-electron chi connectivity index (χ0n) is 11.9. The predicted octanol–water partition coefficient (Wildman–Crippen LogP) is 1.50. The van der Waals surface area contributed by atoms with Crippen molar-refractivity contribution < 1.29 is 9.53 Å². The number of nitrogens with one attached hydrogen (secondary N) is 1. The molecule has 4 nitrogen and oxygen atoms in total. The summed E-state index contributed by atoms with van der Waals surface area (Å²) >= 11 is 2.11. The zero-order chi connectivity index (χ0) is 13.5. The largest absolute Gasteiger partial charge is 0.385 e. The van der Waals surface area contributed by atoms with Gasteiger partial charge < -0.3 is 10.1 Å². The van der Waals surface area contributed by atoms with Crippen LogP contribution in [0.15, 0.2) is 0 Å². The molecule has 0 aromatic heterocycles. The summed E-state index contributed by atoms with van der Waals surface area (Å²) < 4.78 is 4.98. The van der Waals surface area contributed by atoms with Gasteiger partial charge in [-0.1, -0.05) is 12.8 Å². The molecule has 0 radical (unpaired) electrons. The molecule has 5 heteroatoms. The van der Waals surface area contributed by atoms with Gasteiger partial charge in [-0.2, -0.15) is 11.8 Å². The van der Waals surface area contributed by atoms with Gasteiger partial charge in [0, 0.05) is 43.9 Å². The van der Waals surface area contributed by atoms with E-state index in [1.165, 1.54) is 31.4 Å².